The summed E-state index contributed by atoms with van der Waals surface area (Å²) in [6.07, 6.45) is -4.33. The lowest BCUT2D eigenvalue weighted by atomic mass is 10.1. The molecule has 19 heavy (non-hydrogen) atoms. The number of rotatable bonds is 3. The van der Waals surface area contributed by atoms with E-state index >= 15 is 0 Å². The summed E-state index contributed by atoms with van der Waals surface area (Å²) in [6.45, 7) is -1.19. The van der Waals surface area contributed by atoms with Gasteiger partial charge in [-0.15, -0.1) is 0 Å². The lowest BCUT2D eigenvalue weighted by Gasteiger charge is -2.09. The molecule has 0 bridgehead atoms. The number of pyridine rings is 1. The van der Waals surface area contributed by atoms with Gasteiger partial charge in [-0.25, -0.2) is 9.78 Å². The van der Waals surface area contributed by atoms with Crippen LogP contribution in [0.5, 0.6) is 0 Å². The fraction of sp³-hybridized carbons (Fsp3) is 0.167. The number of alkyl halides is 3. The highest BCUT2D eigenvalue weighted by Gasteiger charge is 2.26. The van der Waals surface area contributed by atoms with Gasteiger partial charge in [0.25, 0.3) is 0 Å². The van der Waals surface area contributed by atoms with Gasteiger partial charge >= 0.3 is 12.1 Å². The Hall–Kier alpha value is -2.31. The number of benzene rings is 1. The fourth-order valence-electron chi connectivity index (χ4n) is 1.54. The van der Waals surface area contributed by atoms with Crippen molar-refractivity contribution in [3.05, 3.63) is 35.9 Å². The maximum Gasteiger partial charge on any atom is 0.405 e. The summed E-state index contributed by atoms with van der Waals surface area (Å²) in [5, 5.41) is 11.6. The third kappa shape index (κ3) is 3.34. The average molecular weight is 272 g/mol. The lowest BCUT2D eigenvalue weighted by molar-refractivity contribution is -0.115. The number of halogens is 3. The first-order valence-electron chi connectivity index (χ1n) is 5.30. The van der Waals surface area contributed by atoms with Crippen LogP contribution in [-0.2, 0) is 0 Å². The molecule has 2 rings (SSSR count). The van der Waals surface area contributed by atoms with E-state index in [2.05, 4.69) is 10.3 Å². The first-order valence-corrected chi connectivity index (χ1v) is 5.30. The number of carbonyl (C=O) groups is 1. The Morgan fingerprint density at radius 2 is 2.00 bits per heavy atom. The van der Waals surface area contributed by atoms with Gasteiger partial charge in [0, 0.05) is 6.81 Å². The highest BCUT2D eigenvalue weighted by atomic mass is 19.4. The van der Waals surface area contributed by atoms with Crippen molar-refractivity contribution in [1.29, 1.82) is 0 Å². The van der Waals surface area contributed by atoms with Crippen LogP contribution in [0.25, 0.3) is 10.9 Å². The monoisotopic (exact) mass is 272 g/mol. The molecule has 0 spiro atoms. The minimum Gasteiger partial charge on any atom is -0.478 e. The number of nitrogens with zero attached hydrogens (tertiary/aromatic N) is 1. The summed E-state index contributed by atoms with van der Waals surface area (Å²) in [5.41, 5.74) is 0.361. The van der Waals surface area contributed by atoms with Crippen molar-refractivity contribution >= 4 is 22.7 Å². The van der Waals surface area contributed by atoms with E-state index in [0.29, 0.717) is 10.9 Å². The summed E-state index contributed by atoms with van der Waals surface area (Å²) in [5.74, 6) is -1.07. The van der Waals surface area contributed by atoms with Crippen LogP contribution in [0.2, 0.25) is 0 Å². The number of hydrogen-bond acceptors (Lipinski definition) is 3. The van der Waals surface area contributed by atoms with Gasteiger partial charge in [-0.2, -0.15) is 13.2 Å². The van der Waals surface area contributed by atoms with Gasteiger partial charge in [0.1, 0.15) is 12.4 Å². The Balaban J connectivity index is 0.00000200. The summed E-state index contributed by atoms with van der Waals surface area (Å²) in [4.78, 5) is 14.7. The Morgan fingerprint density at radius 1 is 1.32 bits per heavy atom. The number of aromatic nitrogens is 1. The van der Waals surface area contributed by atoms with Crippen LogP contribution in [0.3, 0.4) is 0 Å². The van der Waals surface area contributed by atoms with Gasteiger partial charge in [-0.3, -0.25) is 0 Å². The van der Waals surface area contributed by atoms with Crippen molar-refractivity contribution in [3.8, 4) is 0 Å². The van der Waals surface area contributed by atoms with Crippen LogP contribution in [0.1, 0.15) is 11.8 Å². The number of carboxylic acid groups (broad SMARTS) is 1. The van der Waals surface area contributed by atoms with Gasteiger partial charge in [0.15, 0.2) is 0 Å². The summed E-state index contributed by atoms with van der Waals surface area (Å²) in [6, 6.07) is 7.27. The van der Waals surface area contributed by atoms with Crippen LogP contribution in [0.4, 0.5) is 19.0 Å². The van der Waals surface area contributed by atoms with Crippen molar-refractivity contribution in [2.45, 2.75) is 6.18 Å². The van der Waals surface area contributed by atoms with Crippen molar-refractivity contribution in [2.24, 2.45) is 0 Å². The van der Waals surface area contributed by atoms with Crippen molar-refractivity contribution < 1.29 is 24.5 Å². The van der Waals surface area contributed by atoms with Gasteiger partial charge in [0.05, 0.1) is 11.1 Å². The second-order valence-corrected chi connectivity index (χ2v) is 3.88. The van der Waals surface area contributed by atoms with Crippen molar-refractivity contribution in [1.82, 2.24) is 4.98 Å². The first-order chi connectivity index (χ1) is 8.85. The van der Waals surface area contributed by atoms with Crippen LogP contribution >= 0.6 is 0 Å². The number of nitrogens with one attached hydrogen (secondary N) is 1. The minimum absolute atomic E-state index is 0. The molecule has 7 heteroatoms. The normalized spacial score (nSPS) is 11.5. The standard InChI is InChI=1S/C12H9F3N2O2.H2/c13-12(14,15)6-16-10-4-3-7-1-2-8(11(18)19)5-9(7)17-10;/h1-5H,6H2,(H,16,17)(H,18,19);1H. The molecule has 2 N–H and O–H groups in total. The molecule has 0 amide bonds. The third-order valence-electron chi connectivity index (χ3n) is 2.41. The molecule has 102 valence electrons. The molecular weight excluding hydrogens is 261 g/mol. The summed E-state index contributed by atoms with van der Waals surface area (Å²) < 4.78 is 36.2. The number of hydrogen-bond donors (Lipinski definition) is 2. The smallest absolute Gasteiger partial charge is 0.405 e. The maximum absolute atomic E-state index is 12.1. The predicted molar refractivity (Wildman–Crippen MR) is 65.4 cm³/mol. The molecule has 0 saturated heterocycles. The highest BCUT2D eigenvalue weighted by molar-refractivity contribution is 5.93. The van der Waals surface area contributed by atoms with Crippen molar-refractivity contribution in [3.63, 3.8) is 0 Å². The molecule has 2 aromatic rings. The number of fused-ring (bicyclic) bond motifs is 1. The average Bonchev–Trinajstić information content (AvgIpc) is 2.34. The van der Waals surface area contributed by atoms with Crippen molar-refractivity contribution in [2.75, 3.05) is 11.9 Å². The van der Waals surface area contributed by atoms with E-state index in [1.807, 2.05) is 0 Å². The quantitative estimate of drug-likeness (QED) is 0.901. The van der Waals surface area contributed by atoms with Crippen LogP contribution in [0, 0.1) is 0 Å². The van der Waals surface area contributed by atoms with E-state index in [4.69, 9.17) is 5.11 Å². The molecule has 1 heterocycles. The summed E-state index contributed by atoms with van der Waals surface area (Å²) >= 11 is 0. The van der Waals surface area contributed by atoms with E-state index in [0.717, 1.165) is 0 Å². The molecule has 1 aromatic heterocycles. The lowest BCUT2D eigenvalue weighted by Crippen LogP contribution is -2.21. The Morgan fingerprint density at radius 3 is 2.63 bits per heavy atom. The van der Waals surface area contributed by atoms with E-state index in [1.165, 1.54) is 18.2 Å². The molecule has 0 fully saturated rings. The zero-order valence-electron chi connectivity index (χ0n) is 9.53. The van der Waals surface area contributed by atoms with Gasteiger partial charge in [-0.05, 0) is 24.3 Å². The molecule has 0 aliphatic carbocycles. The van der Waals surface area contributed by atoms with E-state index in [9.17, 15) is 18.0 Å². The minimum atomic E-state index is -4.33. The number of aromatic carboxylic acids is 1. The SMILES string of the molecule is O=C(O)c1ccc2ccc(NCC(F)(F)F)nc2c1.[HH]. The zero-order chi connectivity index (χ0) is 14.0. The van der Waals surface area contributed by atoms with E-state index in [-0.39, 0.29) is 12.8 Å². The molecular formula is C12H11F3N2O2. The predicted octanol–water partition coefficient (Wildman–Crippen LogP) is 3.15. The fourth-order valence-corrected chi connectivity index (χ4v) is 1.54. The van der Waals surface area contributed by atoms with Crippen LogP contribution in [-0.4, -0.2) is 28.8 Å². The zero-order valence-corrected chi connectivity index (χ0v) is 9.53. The molecule has 1 aromatic carbocycles. The van der Waals surface area contributed by atoms with Crippen LogP contribution in [0.15, 0.2) is 30.3 Å². The third-order valence-corrected chi connectivity index (χ3v) is 2.41. The van der Waals surface area contributed by atoms with Gasteiger partial charge in [0.2, 0.25) is 0 Å². The Bertz CT molecular complexity index is 632. The molecule has 0 atom stereocenters. The first kappa shape index (κ1) is 13.1. The van der Waals surface area contributed by atoms with Gasteiger partial charge in [-0.1, -0.05) is 6.07 Å². The molecule has 0 radical (unpaired) electrons. The second-order valence-electron chi connectivity index (χ2n) is 3.88. The molecule has 0 aliphatic rings. The number of carboxylic acids is 1. The molecule has 0 unspecified atom stereocenters. The van der Waals surface area contributed by atoms with Crippen LogP contribution < -0.4 is 5.32 Å². The highest BCUT2D eigenvalue weighted by Crippen LogP contribution is 2.19. The molecule has 0 saturated carbocycles. The Kier molecular flexibility index (Phi) is 3.28. The van der Waals surface area contributed by atoms with E-state index < -0.39 is 18.7 Å². The second kappa shape index (κ2) is 4.75. The van der Waals surface area contributed by atoms with Gasteiger partial charge < -0.3 is 10.4 Å². The maximum atomic E-state index is 12.1. The molecule has 0 aliphatic heterocycles. The molecule has 4 nitrogen and oxygen atoms in total. The number of anilines is 1. The summed E-state index contributed by atoms with van der Waals surface area (Å²) in [7, 11) is 0. The Labute approximate surface area is 107 Å². The van der Waals surface area contributed by atoms with E-state index in [1.54, 1.807) is 12.1 Å². The topological polar surface area (TPSA) is 62.2 Å². The largest absolute Gasteiger partial charge is 0.478 e.